The number of anilines is 1. The summed E-state index contributed by atoms with van der Waals surface area (Å²) in [5.74, 6) is 0.815. The molecule has 0 spiro atoms. The van der Waals surface area contributed by atoms with E-state index in [0.717, 1.165) is 16.9 Å². The van der Waals surface area contributed by atoms with Crippen molar-refractivity contribution in [2.24, 2.45) is 0 Å². The van der Waals surface area contributed by atoms with Crippen LogP contribution in [-0.2, 0) is 4.79 Å². The number of ether oxygens (including phenoxy) is 2. The minimum Gasteiger partial charge on any atom is -0.497 e. The monoisotopic (exact) mass is 408 g/mol. The molecule has 3 rings (SSSR count). The van der Waals surface area contributed by atoms with Crippen LogP contribution >= 0.6 is 11.3 Å². The molecule has 1 heterocycles. The summed E-state index contributed by atoms with van der Waals surface area (Å²) >= 11 is 1.15. The second-order valence-corrected chi connectivity index (χ2v) is 7.05. The van der Waals surface area contributed by atoms with E-state index in [2.05, 4.69) is 10.3 Å². The molecule has 0 aliphatic rings. The lowest BCUT2D eigenvalue weighted by molar-refractivity contribution is -0.111. The number of hydrogen-bond donors (Lipinski definition) is 1. The number of carbonyl (C=O) groups excluding carboxylic acids is 2. The van der Waals surface area contributed by atoms with Gasteiger partial charge in [0.2, 0.25) is 5.91 Å². The van der Waals surface area contributed by atoms with Crippen LogP contribution in [0.1, 0.15) is 22.2 Å². The molecule has 1 N–H and O–H groups in total. The van der Waals surface area contributed by atoms with Gasteiger partial charge in [0, 0.05) is 24.1 Å². The van der Waals surface area contributed by atoms with Crippen LogP contribution in [0.25, 0.3) is 17.3 Å². The highest BCUT2D eigenvalue weighted by Crippen LogP contribution is 2.31. The summed E-state index contributed by atoms with van der Waals surface area (Å²) in [5, 5.41) is 3.08. The predicted octanol–water partition coefficient (Wildman–Crippen LogP) is 4.68. The highest BCUT2D eigenvalue weighted by molar-refractivity contribution is 7.18. The van der Waals surface area contributed by atoms with Gasteiger partial charge in [-0.05, 0) is 24.3 Å². The normalized spacial score (nSPS) is 10.7. The number of benzene rings is 2. The molecule has 0 fully saturated rings. The van der Waals surface area contributed by atoms with E-state index >= 15 is 0 Å². The highest BCUT2D eigenvalue weighted by Gasteiger charge is 2.17. The van der Waals surface area contributed by atoms with Crippen molar-refractivity contribution in [1.82, 2.24) is 4.98 Å². The van der Waals surface area contributed by atoms with Crippen molar-refractivity contribution in [3.63, 3.8) is 0 Å². The number of nitrogens with one attached hydrogen (secondary N) is 1. The summed E-state index contributed by atoms with van der Waals surface area (Å²) in [5.41, 5.74) is 2.10. The number of aromatic nitrogens is 1. The molecule has 0 unspecified atom stereocenters. The molecule has 1 aromatic heterocycles. The molecule has 0 atom stereocenters. The number of amides is 1. The lowest BCUT2D eigenvalue weighted by atomic mass is 10.1. The Kier molecular flexibility index (Phi) is 6.41. The number of methoxy groups -OCH3 is 2. The zero-order chi connectivity index (χ0) is 20.8. The second kappa shape index (κ2) is 9.16. The highest BCUT2D eigenvalue weighted by atomic mass is 32.1. The van der Waals surface area contributed by atoms with E-state index in [1.54, 1.807) is 38.5 Å². The van der Waals surface area contributed by atoms with Crippen LogP contribution in [-0.4, -0.2) is 30.9 Å². The minimum atomic E-state index is -0.363. The summed E-state index contributed by atoms with van der Waals surface area (Å²) in [6.45, 7) is 1.49. The maximum Gasteiger partial charge on any atom is 0.250 e. The molecule has 29 heavy (non-hydrogen) atoms. The molecule has 0 aliphatic carbocycles. The molecule has 0 aliphatic heterocycles. The second-order valence-electron chi connectivity index (χ2n) is 6.05. The fourth-order valence-corrected chi connectivity index (χ4v) is 3.57. The van der Waals surface area contributed by atoms with Gasteiger partial charge in [-0.25, -0.2) is 4.98 Å². The first-order chi connectivity index (χ1) is 14.0. The Balaban J connectivity index is 1.81. The van der Waals surface area contributed by atoms with Gasteiger partial charge in [0.1, 0.15) is 11.5 Å². The Morgan fingerprint density at radius 2 is 1.83 bits per heavy atom. The number of carbonyl (C=O) groups is 2. The van der Waals surface area contributed by atoms with Gasteiger partial charge >= 0.3 is 0 Å². The molecule has 0 saturated heterocycles. The molecule has 7 heteroatoms. The topological polar surface area (TPSA) is 77.5 Å². The maximum atomic E-state index is 12.4. The van der Waals surface area contributed by atoms with Crippen LogP contribution in [0.4, 0.5) is 5.13 Å². The van der Waals surface area contributed by atoms with Gasteiger partial charge in [0.15, 0.2) is 10.9 Å². The lowest BCUT2D eigenvalue weighted by Crippen LogP contribution is -2.07. The van der Waals surface area contributed by atoms with Gasteiger partial charge in [-0.3, -0.25) is 14.9 Å². The quantitative estimate of drug-likeness (QED) is 0.454. The van der Waals surface area contributed by atoms with Crippen LogP contribution in [0.5, 0.6) is 11.5 Å². The van der Waals surface area contributed by atoms with Crippen molar-refractivity contribution >= 4 is 34.2 Å². The van der Waals surface area contributed by atoms with Crippen molar-refractivity contribution in [2.75, 3.05) is 19.5 Å². The van der Waals surface area contributed by atoms with Crippen LogP contribution < -0.4 is 14.8 Å². The van der Waals surface area contributed by atoms with E-state index < -0.39 is 0 Å². The minimum absolute atomic E-state index is 0.0986. The third-order valence-electron chi connectivity index (χ3n) is 4.08. The Bertz CT molecular complexity index is 1060. The number of ketones is 1. The van der Waals surface area contributed by atoms with E-state index in [1.165, 1.54) is 13.0 Å². The number of hydrogen-bond acceptors (Lipinski definition) is 6. The van der Waals surface area contributed by atoms with Crippen LogP contribution in [0, 0.1) is 0 Å². The van der Waals surface area contributed by atoms with Gasteiger partial charge in [-0.2, -0.15) is 0 Å². The summed E-state index contributed by atoms with van der Waals surface area (Å²) in [6, 6.07) is 14.7. The summed E-state index contributed by atoms with van der Waals surface area (Å²) in [6.07, 6.45) is 3.02. The molecule has 3 aromatic rings. The Hall–Kier alpha value is -3.45. The summed E-state index contributed by atoms with van der Waals surface area (Å²) < 4.78 is 10.5. The van der Waals surface area contributed by atoms with E-state index in [-0.39, 0.29) is 11.7 Å². The van der Waals surface area contributed by atoms with Crippen molar-refractivity contribution in [3.8, 4) is 22.8 Å². The van der Waals surface area contributed by atoms with Gasteiger partial charge in [0.05, 0.1) is 24.8 Å². The van der Waals surface area contributed by atoms with Crippen molar-refractivity contribution in [3.05, 3.63) is 65.0 Å². The summed E-state index contributed by atoms with van der Waals surface area (Å²) in [7, 11) is 3.13. The predicted molar refractivity (Wildman–Crippen MR) is 115 cm³/mol. The zero-order valence-corrected chi connectivity index (χ0v) is 17.1. The van der Waals surface area contributed by atoms with E-state index in [9.17, 15) is 9.59 Å². The van der Waals surface area contributed by atoms with E-state index in [4.69, 9.17) is 9.47 Å². The Morgan fingerprint density at radius 1 is 1.07 bits per heavy atom. The molecule has 148 valence electrons. The molecule has 0 saturated carbocycles. The fourth-order valence-electron chi connectivity index (χ4n) is 2.69. The zero-order valence-electron chi connectivity index (χ0n) is 16.3. The van der Waals surface area contributed by atoms with Crippen molar-refractivity contribution in [2.45, 2.75) is 6.92 Å². The van der Waals surface area contributed by atoms with E-state index in [1.807, 2.05) is 30.3 Å². The SMILES string of the molecule is COc1ccc(OC)c(/C=C/C(=O)Nc2nc(-c3ccccc3)c(C(C)=O)s2)c1. The number of rotatable bonds is 7. The molecule has 0 bridgehead atoms. The van der Waals surface area contributed by atoms with Gasteiger partial charge in [0.25, 0.3) is 0 Å². The first-order valence-corrected chi connectivity index (χ1v) is 9.61. The standard InChI is InChI=1S/C22H20N2O4S/c1-14(25)21-20(15-7-5-4-6-8-15)24-22(29-21)23-19(26)12-9-16-13-17(27-2)10-11-18(16)28-3/h4-13H,1-3H3,(H,23,24,26)/b12-9+. The molecule has 1 amide bonds. The van der Waals surface area contributed by atoms with Crippen molar-refractivity contribution < 1.29 is 19.1 Å². The largest absolute Gasteiger partial charge is 0.497 e. The number of Topliss-reactive ketones (excluding diaryl/α,β-unsaturated/α-hetero) is 1. The molecule has 6 nitrogen and oxygen atoms in total. The molecule has 0 radical (unpaired) electrons. The van der Waals surface area contributed by atoms with Gasteiger partial charge < -0.3 is 9.47 Å². The van der Waals surface area contributed by atoms with Crippen LogP contribution in [0.2, 0.25) is 0 Å². The Labute approximate surface area is 172 Å². The average molecular weight is 408 g/mol. The van der Waals surface area contributed by atoms with E-state index in [0.29, 0.717) is 32.8 Å². The molecule has 2 aromatic carbocycles. The van der Waals surface area contributed by atoms with Crippen LogP contribution in [0.3, 0.4) is 0 Å². The van der Waals surface area contributed by atoms with Gasteiger partial charge in [-0.1, -0.05) is 41.7 Å². The first kappa shape index (κ1) is 20.3. The first-order valence-electron chi connectivity index (χ1n) is 8.80. The van der Waals surface area contributed by atoms with Crippen LogP contribution in [0.15, 0.2) is 54.6 Å². The number of nitrogens with zero attached hydrogens (tertiary/aromatic N) is 1. The number of thiazole rings is 1. The fraction of sp³-hybridized carbons (Fsp3) is 0.136. The average Bonchev–Trinajstić information content (AvgIpc) is 3.16. The summed E-state index contributed by atoms with van der Waals surface area (Å²) in [4.78, 5) is 29.3. The lowest BCUT2D eigenvalue weighted by Gasteiger charge is -2.07. The molecular formula is C22H20N2O4S. The smallest absolute Gasteiger partial charge is 0.250 e. The third-order valence-corrected chi connectivity index (χ3v) is 5.15. The molecular weight excluding hydrogens is 388 g/mol. The van der Waals surface area contributed by atoms with Crippen molar-refractivity contribution in [1.29, 1.82) is 0 Å². The van der Waals surface area contributed by atoms with Gasteiger partial charge in [-0.15, -0.1) is 0 Å². The Morgan fingerprint density at radius 3 is 2.48 bits per heavy atom. The maximum absolute atomic E-state index is 12.4. The third kappa shape index (κ3) is 4.89.